The van der Waals surface area contributed by atoms with Crippen molar-refractivity contribution in [3.8, 4) is 0 Å². The topological polar surface area (TPSA) is 99.7 Å². The van der Waals surface area contributed by atoms with E-state index in [1.54, 1.807) is 54.5 Å². The standard InChI is InChI=1S/C25H27ClN4O4S/c1-3-29(16-18-8-11-27-12-9-18)24(31)17(2)30-13-10-23(25(30)32)28-35(33,34)22-7-5-19-14-21(26)6-4-20(19)15-22/h4-9,11-12,14-15,17,23,28H,3,10,13,16H2,1-2H3/t17-,23-/m0/s1. The monoisotopic (exact) mass is 514 g/mol. The van der Waals surface area contributed by atoms with Gasteiger partial charge >= 0.3 is 0 Å². The van der Waals surface area contributed by atoms with Crippen molar-refractivity contribution in [2.75, 3.05) is 13.1 Å². The Morgan fingerprint density at radius 2 is 1.86 bits per heavy atom. The van der Waals surface area contributed by atoms with E-state index in [0.29, 0.717) is 24.7 Å². The van der Waals surface area contributed by atoms with Crippen LogP contribution in [-0.2, 0) is 26.2 Å². The van der Waals surface area contributed by atoms with Crippen molar-refractivity contribution >= 4 is 44.2 Å². The van der Waals surface area contributed by atoms with Crippen molar-refractivity contribution in [2.24, 2.45) is 0 Å². The van der Waals surface area contributed by atoms with Crippen LogP contribution in [0.3, 0.4) is 0 Å². The average molecular weight is 515 g/mol. The van der Waals surface area contributed by atoms with E-state index < -0.39 is 28.0 Å². The third-order valence-electron chi connectivity index (χ3n) is 6.26. The highest BCUT2D eigenvalue weighted by molar-refractivity contribution is 7.89. The van der Waals surface area contributed by atoms with Gasteiger partial charge in [-0.3, -0.25) is 14.6 Å². The molecule has 3 aromatic rings. The molecule has 2 heterocycles. The van der Waals surface area contributed by atoms with Crippen LogP contribution in [0.2, 0.25) is 5.02 Å². The van der Waals surface area contributed by atoms with Crippen LogP contribution < -0.4 is 4.72 Å². The highest BCUT2D eigenvalue weighted by Gasteiger charge is 2.40. The lowest BCUT2D eigenvalue weighted by molar-refractivity contribution is -0.143. The summed E-state index contributed by atoms with van der Waals surface area (Å²) >= 11 is 6.01. The summed E-state index contributed by atoms with van der Waals surface area (Å²) in [7, 11) is -3.94. The first-order chi connectivity index (χ1) is 16.7. The fourth-order valence-electron chi connectivity index (χ4n) is 4.26. The summed E-state index contributed by atoms with van der Waals surface area (Å²) in [6, 6.07) is 12.0. The molecule has 35 heavy (non-hydrogen) atoms. The summed E-state index contributed by atoms with van der Waals surface area (Å²) in [6.45, 7) is 4.75. The predicted molar refractivity (Wildman–Crippen MR) is 134 cm³/mol. The summed E-state index contributed by atoms with van der Waals surface area (Å²) in [6.07, 6.45) is 3.63. The summed E-state index contributed by atoms with van der Waals surface area (Å²) in [4.78, 5) is 33.4. The number of nitrogens with zero attached hydrogens (tertiary/aromatic N) is 3. The van der Waals surface area contributed by atoms with Crippen molar-refractivity contribution in [3.05, 3.63) is 71.5 Å². The first-order valence-electron chi connectivity index (χ1n) is 11.4. The smallest absolute Gasteiger partial charge is 0.245 e. The Bertz CT molecular complexity index is 1350. The zero-order valence-corrected chi connectivity index (χ0v) is 21.1. The molecule has 0 aliphatic carbocycles. The number of likely N-dealkylation sites (tertiary alicyclic amines) is 1. The molecular formula is C25H27ClN4O4S. The molecule has 0 radical (unpaired) electrons. The predicted octanol–water partition coefficient (Wildman–Crippen LogP) is 3.20. The lowest BCUT2D eigenvalue weighted by atomic mass is 10.1. The van der Waals surface area contributed by atoms with Crippen LogP contribution in [0.1, 0.15) is 25.8 Å². The second kappa shape index (κ2) is 10.3. The zero-order chi connectivity index (χ0) is 25.2. The second-order valence-corrected chi connectivity index (χ2v) is 10.7. The molecule has 0 saturated carbocycles. The van der Waals surface area contributed by atoms with Gasteiger partial charge in [-0.1, -0.05) is 23.7 Å². The molecule has 2 aromatic carbocycles. The van der Waals surface area contributed by atoms with Crippen LogP contribution >= 0.6 is 11.6 Å². The molecule has 1 saturated heterocycles. The molecule has 8 nitrogen and oxygen atoms in total. The van der Waals surface area contributed by atoms with E-state index in [0.717, 1.165) is 16.3 Å². The summed E-state index contributed by atoms with van der Waals surface area (Å²) in [5, 5.41) is 2.11. The van der Waals surface area contributed by atoms with Crippen molar-refractivity contribution in [3.63, 3.8) is 0 Å². The van der Waals surface area contributed by atoms with Gasteiger partial charge in [0.25, 0.3) is 0 Å². The van der Waals surface area contributed by atoms with Gasteiger partial charge in [-0.2, -0.15) is 4.72 Å². The molecule has 1 fully saturated rings. The van der Waals surface area contributed by atoms with E-state index in [1.165, 1.54) is 11.0 Å². The Hall–Kier alpha value is -3.01. The fraction of sp³-hybridized carbons (Fsp3) is 0.320. The lowest BCUT2D eigenvalue weighted by Gasteiger charge is -2.30. The van der Waals surface area contributed by atoms with E-state index in [4.69, 9.17) is 11.6 Å². The van der Waals surface area contributed by atoms with Gasteiger partial charge in [-0.15, -0.1) is 0 Å². The maximum absolute atomic E-state index is 13.1. The van der Waals surface area contributed by atoms with Crippen molar-refractivity contribution < 1.29 is 18.0 Å². The van der Waals surface area contributed by atoms with Crippen molar-refractivity contribution in [1.82, 2.24) is 19.5 Å². The highest BCUT2D eigenvalue weighted by Crippen LogP contribution is 2.24. The fourth-order valence-corrected chi connectivity index (χ4v) is 5.70. The largest absolute Gasteiger partial charge is 0.337 e. The molecule has 0 unspecified atom stereocenters. The maximum atomic E-state index is 13.1. The molecule has 184 valence electrons. The van der Waals surface area contributed by atoms with E-state index in [-0.39, 0.29) is 17.2 Å². The number of halogens is 1. The third-order valence-corrected chi connectivity index (χ3v) is 7.97. The number of carbonyl (C=O) groups is 2. The SMILES string of the molecule is CCN(Cc1ccncc1)C(=O)[C@H](C)N1CC[C@H](NS(=O)(=O)c2ccc3cc(Cl)ccc3c2)C1=O. The summed E-state index contributed by atoms with van der Waals surface area (Å²) in [5.74, 6) is -0.587. The number of benzene rings is 2. The van der Waals surface area contributed by atoms with Crippen molar-refractivity contribution in [1.29, 1.82) is 0 Å². The number of likely N-dealkylation sites (N-methyl/N-ethyl adjacent to an activating group) is 1. The normalized spacial score (nSPS) is 17.1. The molecule has 0 spiro atoms. The number of pyridine rings is 1. The second-order valence-electron chi connectivity index (χ2n) is 8.53. The third kappa shape index (κ3) is 5.47. The quantitative estimate of drug-likeness (QED) is 0.497. The minimum Gasteiger partial charge on any atom is -0.337 e. The number of nitrogens with one attached hydrogen (secondary N) is 1. The van der Waals surface area contributed by atoms with Crippen molar-refractivity contribution in [2.45, 2.75) is 43.8 Å². The van der Waals surface area contributed by atoms with Crippen LogP contribution in [-0.4, -0.2) is 60.2 Å². The highest BCUT2D eigenvalue weighted by atomic mass is 35.5. The Morgan fingerprint density at radius 3 is 2.57 bits per heavy atom. The van der Waals surface area contributed by atoms with Gasteiger partial charge in [0, 0.05) is 37.1 Å². The summed E-state index contributed by atoms with van der Waals surface area (Å²) < 4.78 is 28.6. The first kappa shape index (κ1) is 25.1. The molecule has 1 aliphatic heterocycles. The van der Waals surface area contributed by atoms with Gasteiger partial charge in [-0.25, -0.2) is 8.42 Å². The number of rotatable bonds is 8. The Morgan fingerprint density at radius 1 is 1.17 bits per heavy atom. The number of hydrogen-bond acceptors (Lipinski definition) is 5. The molecule has 4 rings (SSSR count). The van der Waals surface area contributed by atoms with Gasteiger partial charge in [-0.05, 0) is 73.0 Å². The van der Waals surface area contributed by atoms with Crippen LogP contribution in [0.25, 0.3) is 10.8 Å². The molecule has 1 N–H and O–H groups in total. The molecule has 10 heteroatoms. The first-order valence-corrected chi connectivity index (χ1v) is 13.3. The minimum absolute atomic E-state index is 0.0669. The maximum Gasteiger partial charge on any atom is 0.245 e. The van der Waals surface area contributed by atoms with E-state index in [2.05, 4.69) is 9.71 Å². The van der Waals surface area contributed by atoms with Crippen LogP contribution in [0, 0.1) is 0 Å². The van der Waals surface area contributed by atoms with E-state index >= 15 is 0 Å². The van der Waals surface area contributed by atoms with Crippen LogP contribution in [0.15, 0.2) is 65.8 Å². The number of amides is 2. The zero-order valence-electron chi connectivity index (χ0n) is 19.5. The number of hydrogen-bond donors (Lipinski definition) is 1. The van der Waals surface area contributed by atoms with Crippen LogP contribution in [0.4, 0.5) is 0 Å². The molecule has 0 bridgehead atoms. The molecule has 2 atom stereocenters. The van der Waals surface area contributed by atoms with Gasteiger partial charge in [0.2, 0.25) is 21.8 Å². The minimum atomic E-state index is -3.94. The van der Waals surface area contributed by atoms with E-state index in [9.17, 15) is 18.0 Å². The Labute approximate surface area is 209 Å². The molecule has 1 aliphatic rings. The Balaban J connectivity index is 1.44. The number of aromatic nitrogens is 1. The molecule has 1 aromatic heterocycles. The number of fused-ring (bicyclic) bond motifs is 1. The number of sulfonamides is 1. The van der Waals surface area contributed by atoms with Gasteiger partial charge in [0.1, 0.15) is 12.1 Å². The average Bonchev–Trinajstić information content (AvgIpc) is 3.21. The number of carbonyl (C=O) groups excluding carboxylic acids is 2. The van der Waals surface area contributed by atoms with Gasteiger partial charge < -0.3 is 9.80 Å². The Kier molecular flexibility index (Phi) is 7.39. The van der Waals surface area contributed by atoms with Gasteiger partial charge in [0.15, 0.2) is 0 Å². The van der Waals surface area contributed by atoms with Gasteiger partial charge in [0.05, 0.1) is 4.90 Å². The molecule has 2 amide bonds. The van der Waals surface area contributed by atoms with Crippen LogP contribution in [0.5, 0.6) is 0 Å². The summed E-state index contributed by atoms with van der Waals surface area (Å²) in [5.41, 5.74) is 0.943. The van der Waals surface area contributed by atoms with E-state index in [1.807, 2.05) is 19.1 Å². The molecular weight excluding hydrogens is 488 g/mol. The lowest BCUT2D eigenvalue weighted by Crippen LogP contribution is -2.50.